The summed E-state index contributed by atoms with van der Waals surface area (Å²) in [6.07, 6.45) is 6.73. The van der Waals surface area contributed by atoms with Crippen LogP contribution in [0.4, 0.5) is 0 Å². The minimum absolute atomic E-state index is 0.0431. The zero-order valence-electron chi connectivity index (χ0n) is 11.9. The molecule has 3 atom stereocenters. The predicted molar refractivity (Wildman–Crippen MR) is 83.4 cm³/mol. The van der Waals surface area contributed by atoms with E-state index in [9.17, 15) is 0 Å². The van der Waals surface area contributed by atoms with Crippen LogP contribution in [0.3, 0.4) is 0 Å². The fraction of sp³-hybridized carbons (Fsp3) is 0.625. The van der Waals surface area contributed by atoms with Gasteiger partial charge in [0.1, 0.15) is 11.9 Å². The smallest absolute Gasteiger partial charge is 0.120 e. The molecule has 0 spiro atoms. The third-order valence-electron chi connectivity index (χ3n) is 4.11. The van der Waals surface area contributed by atoms with Gasteiger partial charge in [-0.25, -0.2) is 0 Å². The van der Waals surface area contributed by atoms with Crippen molar-refractivity contribution in [1.29, 1.82) is 0 Å². The van der Waals surface area contributed by atoms with Gasteiger partial charge in [-0.1, -0.05) is 35.3 Å². The largest absolute Gasteiger partial charge is 0.490 e. The van der Waals surface area contributed by atoms with E-state index in [1.54, 1.807) is 0 Å². The SMILES string of the molecule is CCC1CCCCC1Oc1ccc([C@H](C)N)c(Br)c1. The quantitative estimate of drug-likeness (QED) is 0.861. The van der Waals surface area contributed by atoms with Crippen LogP contribution in [0.1, 0.15) is 57.6 Å². The Morgan fingerprint density at radius 1 is 1.37 bits per heavy atom. The minimum Gasteiger partial charge on any atom is -0.490 e. The van der Waals surface area contributed by atoms with Crippen molar-refractivity contribution in [3.63, 3.8) is 0 Å². The third-order valence-corrected chi connectivity index (χ3v) is 4.80. The number of nitrogens with two attached hydrogens (primary N) is 1. The van der Waals surface area contributed by atoms with E-state index < -0.39 is 0 Å². The maximum Gasteiger partial charge on any atom is 0.120 e. The number of hydrogen-bond donors (Lipinski definition) is 1. The highest BCUT2D eigenvalue weighted by Gasteiger charge is 2.25. The van der Waals surface area contributed by atoms with Crippen molar-refractivity contribution < 1.29 is 4.74 Å². The molecule has 1 aromatic rings. The molecule has 1 fully saturated rings. The lowest BCUT2D eigenvalue weighted by Gasteiger charge is -2.31. The molecule has 2 unspecified atom stereocenters. The summed E-state index contributed by atoms with van der Waals surface area (Å²) in [6.45, 7) is 4.26. The lowest BCUT2D eigenvalue weighted by molar-refractivity contribution is 0.0903. The maximum atomic E-state index is 6.20. The topological polar surface area (TPSA) is 35.2 Å². The van der Waals surface area contributed by atoms with Gasteiger partial charge >= 0.3 is 0 Å². The van der Waals surface area contributed by atoms with Gasteiger partial charge in [-0.05, 0) is 56.2 Å². The van der Waals surface area contributed by atoms with Crippen LogP contribution in [-0.4, -0.2) is 6.10 Å². The monoisotopic (exact) mass is 325 g/mol. The van der Waals surface area contributed by atoms with Gasteiger partial charge in [-0.2, -0.15) is 0 Å². The van der Waals surface area contributed by atoms with Crippen LogP contribution in [-0.2, 0) is 0 Å². The molecule has 0 aliphatic heterocycles. The fourth-order valence-corrected chi connectivity index (χ4v) is 3.64. The molecule has 2 rings (SSSR count). The third kappa shape index (κ3) is 3.73. The summed E-state index contributed by atoms with van der Waals surface area (Å²) in [5.74, 6) is 1.67. The molecule has 0 radical (unpaired) electrons. The molecule has 0 saturated heterocycles. The normalized spacial score (nSPS) is 25.1. The van der Waals surface area contributed by atoms with Gasteiger partial charge in [0.2, 0.25) is 0 Å². The second kappa shape index (κ2) is 6.76. The Morgan fingerprint density at radius 2 is 2.11 bits per heavy atom. The van der Waals surface area contributed by atoms with Crippen molar-refractivity contribution in [2.75, 3.05) is 0 Å². The average Bonchev–Trinajstić information content (AvgIpc) is 2.39. The summed E-state index contributed by atoms with van der Waals surface area (Å²) >= 11 is 3.58. The number of ether oxygens (including phenoxy) is 1. The molecule has 19 heavy (non-hydrogen) atoms. The number of hydrogen-bond acceptors (Lipinski definition) is 2. The first-order valence-corrected chi connectivity index (χ1v) is 8.12. The molecule has 1 saturated carbocycles. The Labute approximate surface area is 124 Å². The molecule has 0 amide bonds. The van der Waals surface area contributed by atoms with Crippen molar-refractivity contribution in [3.05, 3.63) is 28.2 Å². The summed E-state index contributed by atoms with van der Waals surface area (Å²) in [5, 5.41) is 0. The van der Waals surface area contributed by atoms with Crippen molar-refractivity contribution in [3.8, 4) is 5.75 Å². The van der Waals surface area contributed by atoms with E-state index in [0.717, 1.165) is 15.8 Å². The molecule has 2 N–H and O–H groups in total. The van der Waals surface area contributed by atoms with Crippen LogP contribution in [0.15, 0.2) is 22.7 Å². The van der Waals surface area contributed by atoms with E-state index in [1.165, 1.54) is 32.1 Å². The van der Waals surface area contributed by atoms with Gasteiger partial charge in [-0.15, -0.1) is 0 Å². The Balaban J connectivity index is 2.08. The Kier molecular flexibility index (Phi) is 5.28. The van der Waals surface area contributed by atoms with Crippen LogP contribution < -0.4 is 10.5 Å². The van der Waals surface area contributed by atoms with E-state index >= 15 is 0 Å². The van der Waals surface area contributed by atoms with E-state index in [-0.39, 0.29) is 6.04 Å². The number of rotatable bonds is 4. The van der Waals surface area contributed by atoms with Crippen LogP contribution in [0.5, 0.6) is 5.75 Å². The highest BCUT2D eigenvalue weighted by atomic mass is 79.9. The highest BCUT2D eigenvalue weighted by molar-refractivity contribution is 9.10. The van der Waals surface area contributed by atoms with Gasteiger partial charge in [0, 0.05) is 10.5 Å². The van der Waals surface area contributed by atoms with Gasteiger partial charge in [0.15, 0.2) is 0 Å². The minimum atomic E-state index is 0.0431. The summed E-state index contributed by atoms with van der Waals surface area (Å²) in [5.41, 5.74) is 7.05. The summed E-state index contributed by atoms with van der Waals surface area (Å²) < 4.78 is 7.25. The van der Waals surface area contributed by atoms with Crippen molar-refractivity contribution in [2.45, 2.75) is 58.1 Å². The van der Waals surface area contributed by atoms with Gasteiger partial charge in [-0.3, -0.25) is 0 Å². The first kappa shape index (κ1) is 14.9. The molecular formula is C16H24BrNO. The molecule has 0 aromatic heterocycles. The molecular weight excluding hydrogens is 302 g/mol. The summed E-state index contributed by atoms with van der Waals surface area (Å²) in [6, 6.07) is 6.21. The first-order valence-electron chi connectivity index (χ1n) is 7.33. The molecule has 0 heterocycles. The second-order valence-electron chi connectivity index (χ2n) is 5.58. The molecule has 1 aromatic carbocycles. The molecule has 1 aliphatic carbocycles. The molecule has 3 heteroatoms. The standard InChI is InChI=1S/C16H24BrNO/c1-3-12-6-4-5-7-16(12)19-13-8-9-14(11(2)18)15(17)10-13/h8-12,16H,3-7,18H2,1-2H3/t11-,12?,16?/m0/s1. The number of benzene rings is 1. The highest BCUT2D eigenvalue weighted by Crippen LogP contribution is 2.32. The van der Waals surface area contributed by atoms with Gasteiger partial charge < -0.3 is 10.5 Å². The first-order chi connectivity index (χ1) is 9.11. The molecule has 1 aliphatic rings. The lowest BCUT2D eigenvalue weighted by Crippen LogP contribution is -2.29. The summed E-state index contributed by atoms with van der Waals surface area (Å²) in [4.78, 5) is 0. The zero-order valence-corrected chi connectivity index (χ0v) is 13.4. The molecule has 0 bridgehead atoms. The van der Waals surface area contributed by atoms with Crippen LogP contribution in [0, 0.1) is 5.92 Å². The lowest BCUT2D eigenvalue weighted by atomic mass is 9.85. The van der Waals surface area contributed by atoms with Crippen LogP contribution in [0.25, 0.3) is 0 Å². The number of halogens is 1. The Morgan fingerprint density at radius 3 is 2.74 bits per heavy atom. The van der Waals surface area contributed by atoms with Crippen LogP contribution in [0.2, 0.25) is 0 Å². The fourth-order valence-electron chi connectivity index (χ4n) is 2.92. The van der Waals surface area contributed by atoms with Crippen molar-refractivity contribution in [1.82, 2.24) is 0 Å². The second-order valence-corrected chi connectivity index (χ2v) is 6.44. The van der Waals surface area contributed by atoms with E-state index in [0.29, 0.717) is 12.0 Å². The molecule has 2 nitrogen and oxygen atoms in total. The Hall–Kier alpha value is -0.540. The van der Waals surface area contributed by atoms with E-state index in [4.69, 9.17) is 10.5 Å². The molecule has 106 valence electrons. The van der Waals surface area contributed by atoms with E-state index in [2.05, 4.69) is 35.0 Å². The van der Waals surface area contributed by atoms with E-state index in [1.807, 2.05) is 13.0 Å². The van der Waals surface area contributed by atoms with Gasteiger partial charge in [0.05, 0.1) is 0 Å². The maximum absolute atomic E-state index is 6.20. The Bertz CT molecular complexity index is 419. The van der Waals surface area contributed by atoms with Crippen molar-refractivity contribution >= 4 is 15.9 Å². The zero-order chi connectivity index (χ0) is 13.8. The summed E-state index contributed by atoms with van der Waals surface area (Å²) in [7, 11) is 0. The van der Waals surface area contributed by atoms with Crippen LogP contribution >= 0.6 is 15.9 Å². The van der Waals surface area contributed by atoms with Gasteiger partial charge in [0.25, 0.3) is 0 Å². The van der Waals surface area contributed by atoms with Crippen molar-refractivity contribution in [2.24, 2.45) is 11.7 Å². The average molecular weight is 326 g/mol. The predicted octanol–water partition coefficient (Wildman–Crippen LogP) is 4.82.